The van der Waals surface area contributed by atoms with E-state index in [9.17, 15) is 9.59 Å². The summed E-state index contributed by atoms with van der Waals surface area (Å²) >= 11 is 3.02. The molecule has 0 amide bonds. The third kappa shape index (κ3) is 3.74. The van der Waals surface area contributed by atoms with Gasteiger partial charge in [-0.1, -0.05) is 15.9 Å². The van der Waals surface area contributed by atoms with Crippen molar-refractivity contribution in [2.24, 2.45) is 0 Å². The van der Waals surface area contributed by atoms with E-state index in [-0.39, 0.29) is 13.1 Å². The van der Waals surface area contributed by atoms with E-state index in [1.165, 1.54) is 15.7 Å². The second kappa shape index (κ2) is 5.44. The van der Waals surface area contributed by atoms with Gasteiger partial charge in [-0.25, -0.2) is 0 Å². The minimum Gasteiger partial charge on any atom is -0.402 e. The van der Waals surface area contributed by atoms with E-state index in [1.807, 2.05) is 0 Å². The molecule has 1 heterocycles. The molecule has 0 aromatic rings. The van der Waals surface area contributed by atoms with Gasteiger partial charge in [0.25, 0.3) is 0 Å². The fourth-order valence-electron chi connectivity index (χ4n) is 0.881. The number of carbonyl (C=O) groups excluding carboxylic acids is 2. The minimum absolute atomic E-state index is 0.101. The van der Waals surface area contributed by atoms with E-state index in [0.29, 0.717) is 0 Å². The average molecular weight is 282 g/mol. The van der Waals surface area contributed by atoms with Gasteiger partial charge in [-0.05, 0) is 12.0 Å². The van der Waals surface area contributed by atoms with Crippen LogP contribution in [0.2, 0.25) is 0 Å². The third-order valence-electron chi connectivity index (χ3n) is 1.36. The molecule has 1 aliphatic heterocycles. The molecule has 0 radical (unpaired) electrons. The van der Waals surface area contributed by atoms with Crippen molar-refractivity contribution >= 4 is 36.2 Å². The van der Waals surface area contributed by atoms with Gasteiger partial charge in [0.1, 0.15) is 0 Å². The van der Waals surface area contributed by atoms with Crippen molar-refractivity contribution in [3.8, 4) is 0 Å². The molecule has 0 atom stereocenters. The molecule has 78 valence electrons. The van der Waals surface area contributed by atoms with Gasteiger partial charge in [0.15, 0.2) is 0 Å². The Kier molecular flexibility index (Phi) is 4.51. The van der Waals surface area contributed by atoms with Gasteiger partial charge in [0.05, 0.1) is 13.1 Å². The third-order valence-corrected chi connectivity index (χ3v) is 3.19. The molecule has 1 aliphatic rings. The van der Waals surface area contributed by atoms with Crippen LogP contribution in [0.4, 0.5) is 0 Å². The predicted molar refractivity (Wildman–Crippen MR) is 54.7 cm³/mol. The zero-order valence-corrected chi connectivity index (χ0v) is 9.95. The van der Waals surface area contributed by atoms with Gasteiger partial charge < -0.3 is 9.05 Å². The molecule has 14 heavy (non-hydrogen) atoms. The van der Waals surface area contributed by atoms with Crippen molar-refractivity contribution in [1.29, 1.82) is 0 Å². The first-order valence-corrected chi connectivity index (χ1v) is 5.94. The Morgan fingerprint density at radius 1 is 1.36 bits per heavy atom. The molecule has 0 aromatic carbocycles. The predicted octanol–water partition coefficient (Wildman–Crippen LogP) is 1.20. The standard InChI is InChI=1S/C7H9BrNO4P/c1-9-4-6(10)12-14(3-2-8)13-7(11)5-9/h2-3H,4-5H2,1H3/b3-2+. The van der Waals surface area contributed by atoms with Crippen molar-refractivity contribution in [2.75, 3.05) is 20.1 Å². The summed E-state index contributed by atoms with van der Waals surface area (Å²) < 4.78 is 9.79. The van der Waals surface area contributed by atoms with Gasteiger partial charge in [0, 0.05) is 5.82 Å². The Hall–Kier alpha value is -0.450. The highest BCUT2D eigenvalue weighted by Crippen LogP contribution is 2.41. The summed E-state index contributed by atoms with van der Waals surface area (Å²) in [6.07, 6.45) is 0. The monoisotopic (exact) mass is 281 g/mol. The molecule has 1 rings (SSSR count). The minimum atomic E-state index is -1.57. The summed E-state index contributed by atoms with van der Waals surface area (Å²) in [7, 11) is 0.0828. The Bertz CT molecular complexity index is 250. The summed E-state index contributed by atoms with van der Waals surface area (Å²) in [5.41, 5.74) is 0. The molecule has 5 nitrogen and oxygen atoms in total. The number of likely N-dealkylation sites (N-methyl/N-ethyl adjacent to an activating group) is 1. The fourth-order valence-corrected chi connectivity index (χ4v) is 2.23. The zero-order valence-electron chi connectivity index (χ0n) is 7.47. The molecule has 1 fully saturated rings. The van der Waals surface area contributed by atoms with Crippen LogP contribution in [0.1, 0.15) is 0 Å². The zero-order chi connectivity index (χ0) is 10.6. The van der Waals surface area contributed by atoms with Crippen molar-refractivity contribution in [3.05, 3.63) is 10.8 Å². The van der Waals surface area contributed by atoms with E-state index < -0.39 is 20.3 Å². The molecular weight excluding hydrogens is 273 g/mol. The molecule has 0 unspecified atom stereocenters. The van der Waals surface area contributed by atoms with Crippen LogP contribution in [0.3, 0.4) is 0 Å². The lowest BCUT2D eigenvalue weighted by Gasteiger charge is -2.21. The van der Waals surface area contributed by atoms with Crippen LogP contribution >= 0.6 is 24.3 Å². The lowest BCUT2D eigenvalue weighted by Crippen LogP contribution is -2.34. The number of hydrogen-bond acceptors (Lipinski definition) is 5. The Morgan fingerprint density at radius 2 is 1.86 bits per heavy atom. The fraction of sp³-hybridized carbons (Fsp3) is 0.429. The van der Waals surface area contributed by atoms with Gasteiger partial charge in [0.2, 0.25) is 0 Å². The summed E-state index contributed by atoms with van der Waals surface area (Å²) in [4.78, 5) is 25.3. The molecule has 0 spiro atoms. The van der Waals surface area contributed by atoms with Gasteiger partial charge in [-0.15, -0.1) is 0 Å². The van der Waals surface area contributed by atoms with Crippen molar-refractivity contribution < 1.29 is 18.6 Å². The second-order valence-corrected chi connectivity index (χ2v) is 4.42. The number of rotatable bonds is 1. The van der Waals surface area contributed by atoms with Crippen LogP contribution in [0.15, 0.2) is 10.8 Å². The molecule has 0 aromatic heterocycles. The first kappa shape index (κ1) is 11.6. The Balaban J connectivity index is 2.65. The maximum absolute atomic E-state index is 11.1. The smallest absolute Gasteiger partial charge is 0.325 e. The normalized spacial score (nSPS) is 21.6. The summed E-state index contributed by atoms with van der Waals surface area (Å²) in [6.45, 7) is 0.202. The first-order chi connectivity index (χ1) is 6.61. The Labute approximate surface area is 91.1 Å². The van der Waals surface area contributed by atoms with Crippen LogP contribution in [0.5, 0.6) is 0 Å². The van der Waals surface area contributed by atoms with Crippen molar-refractivity contribution in [3.63, 3.8) is 0 Å². The van der Waals surface area contributed by atoms with Gasteiger partial charge in [-0.2, -0.15) is 0 Å². The molecule has 1 saturated heterocycles. The van der Waals surface area contributed by atoms with Crippen LogP contribution in [0.25, 0.3) is 0 Å². The maximum Gasteiger partial charge on any atom is 0.325 e. The lowest BCUT2D eigenvalue weighted by atomic mass is 10.5. The molecule has 0 bridgehead atoms. The average Bonchev–Trinajstić information content (AvgIpc) is 2.00. The van der Waals surface area contributed by atoms with Crippen molar-refractivity contribution in [2.45, 2.75) is 0 Å². The Morgan fingerprint density at radius 3 is 2.29 bits per heavy atom. The van der Waals surface area contributed by atoms with E-state index in [1.54, 1.807) is 7.05 Å². The van der Waals surface area contributed by atoms with E-state index in [4.69, 9.17) is 9.05 Å². The number of nitrogens with zero attached hydrogens (tertiary/aromatic N) is 1. The largest absolute Gasteiger partial charge is 0.402 e. The molecule has 0 N–H and O–H groups in total. The molecular formula is C7H9BrNO4P. The topological polar surface area (TPSA) is 55.8 Å². The highest BCUT2D eigenvalue weighted by atomic mass is 79.9. The van der Waals surface area contributed by atoms with Crippen LogP contribution in [-0.4, -0.2) is 37.0 Å². The quantitative estimate of drug-likeness (QED) is 0.676. The van der Waals surface area contributed by atoms with Gasteiger partial charge in [-0.3, -0.25) is 14.5 Å². The van der Waals surface area contributed by atoms with Crippen LogP contribution in [0, 0.1) is 0 Å². The second-order valence-electron chi connectivity index (χ2n) is 2.66. The van der Waals surface area contributed by atoms with Crippen molar-refractivity contribution in [1.82, 2.24) is 4.90 Å². The highest BCUT2D eigenvalue weighted by molar-refractivity contribution is 9.11. The molecule has 0 aliphatic carbocycles. The summed E-state index contributed by atoms with van der Waals surface area (Å²) in [6, 6.07) is 0. The number of halogens is 1. The molecule has 0 saturated carbocycles. The van der Waals surface area contributed by atoms with Crippen LogP contribution in [-0.2, 0) is 18.6 Å². The maximum atomic E-state index is 11.1. The highest BCUT2D eigenvalue weighted by Gasteiger charge is 2.24. The van der Waals surface area contributed by atoms with E-state index >= 15 is 0 Å². The molecule has 7 heteroatoms. The van der Waals surface area contributed by atoms with Crippen LogP contribution < -0.4 is 0 Å². The number of hydrogen-bond donors (Lipinski definition) is 0. The number of carbonyl (C=O) groups is 2. The summed E-state index contributed by atoms with van der Waals surface area (Å²) in [5, 5.41) is 0. The SMILES string of the molecule is CN1CC(=O)OP(/C=C/Br)OC(=O)C1. The van der Waals surface area contributed by atoms with E-state index in [0.717, 1.165) is 0 Å². The lowest BCUT2D eigenvalue weighted by molar-refractivity contribution is -0.142. The van der Waals surface area contributed by atoms with Gasteiger partial charge >= 0.3 is 20.3 Å². The summed E-state index contributed by atoms with van der Waals surface area (Å²) in [5.74, 6) is 0.713. The first-order valence-electron chi connectivity index (χ1n) is 3.78. The van der Waals surface area contributed by atoms with E-state index in [2.05, 4.69) is 15.9 Å².